The van der Waals surface area contributed by atoms with E-state index in [2.05, 4.69) is 22.4 Å². The Hall–Kier alpha value is -2.83. The Labute approximate surface area is 171 Å². The molecule has 0 saturated carbocycles. The van der Waals surface area contributed by atoms with Crippen molar-refractivity contribution in [2.45, 2.75) is 41.1 Å². The minimum atomic E-state index is -4.06. The number of unbranched alkanes of at least 4 members (excludes halogenated alkanes) is 1. The van der Waals surface area contributed by atoms with Gasteiger partial charge < -0.3 is 0 Å². The van der Waals surface area contributed by atoms with Gasteiger partial charge in [-0.25, -0.2) is 13.6 Å². The Morgan fingerprint density at radius 2 is 1.93 bits per heavy atom. The summed E-state index contributed by atoms with van der Waals surface area (Å²) in [6.07, 6.45) is 3.19. The fourth-order valence-electron chi connectivity index (χ4n) is 2.59. The number of rotatable bonds is 8. The zero-order valence-electron chi connectivity index (χ0n) is 15.4. The van der Waals surface area contributed by atoms with Gasteiger partial charge in [-0.05, 0) is 64.9 Å². The molecule has 2 aromatic carbocycles. The monoisotopic (exact) mass is 434 g/mol. The number of hydrogen-bond acceptors (Lipinski definition) is 8. The molecule has 0 amide bonds. The van der Waals surface area contributed by atoms with Crippen LogP contribution in [0.25, 0.3) is 5.69 Å². The molecule has 0 aliphatic heterocycles. The second-order valence-corrected chi connectivity index (χ2v) is 8.75. The molecule has 0 saturated heterocycles. The van der Waals surface area contributed by atoms with Crippen molar-refractivity contribution >= 4 is 27.5 Å². The Morgan fingerprint density at radius 3 is 2.55 bits per heavy atom. The van der Waals surface area contributed by atoms with Gasteiger partial charge in [-0.2, -0.15) is 4.68 Å². The lowest BCUT2D eigenvalue weighted by molar-refractivity contribution is -0.388. The van der Waals surface area contributed by atoms with E-state index in [9.17, 15) is 18.5 Å². The van der Waals surface area contributed by atoms with Crippen LogP contribution in [0.2, 0.25) is 0 Å². The van der Waals surface area contributed by atoms with Crippen LogP contribution in [0.4, 0.5) is 5.69 Å². The molecule has 0 atom stereocenters. The van der Waals surface area contributed by atoms with Gasteiger partial charge >= 0.3 is 0 Å². The van der Waals surface area contributed by atoms with E-state index in [-0.39, 0.29) is 9.79 Å². The van der Waals surface area contributed by atoms with Gasteiger partial charge in [0.25, 0.3) is 5.69 Å². The third kappa shape index (κ3) is 4.96. The summed E-state index contributed by atoms with van der Waals surface area (Å²) in [5, 5.41) is 28.3. The van der Waals surface area contributed by atoms with Crippen molar-refractivity contribution in [2.75, 3.05) is 0 Å². The number of tetrazole rings is 1. The fourth-order valence-corrected chi connectivity index (χ4v) is 4.00. The average Bonchev–Trinajstić information content (AvgIpc) is 3.14. The summed E-state index contributed by atoms with van der Waals surface area (Å²) in [4.78, 5) is 10.6. The Kier molecular flexibility index (Phi) is 6.25. The molecule has 3 rings (SSSR count). The van der Waals surface area contributed by atoms with Gasteiger partial charge in [-0.15, -0.1) is 5.10 Å². The molecular formula is C17H18N6O4S2. The van der Waals surface area contributed by atoms with E-state index in [0.717, 1.165) is 37.1 Å². The quantitative estimate of drug-likeness (QED) is 0.420. The highest BCUT2D eigenvalue weighted by Crippen LogP contribution is 2.35. The minimum absolute atomic E-state index is 0.193. The Morgan fingerprint density at radius 1 is 1.21 bits per heavy atom. The molecule has 3 aromatic rings. The van der Waals surface area contributed by atoms with Crippen LogP contribution in [0.1, 0.15) is 25.3 Å². The summed E-state index contributed by atoms with van der Waals surface area (Å²) in [6, 6.07) is 11.2. The maximum Gasteiger partial charge on any atom is 0.284 e. The number of nitrogens with zero attached hydrogens (tertiary/aromatic N) is 5. The smallest absolute Gasteiger partial charge is 0.258 e. The van der Waals surface area contributed by atoms with E-state index >= 15 is 0 Å². The van der Waals surface area contributed by atoms with Gasteiger partial charge in [0, 0.05) is 6.07 Å². The van der Waals surface area contributed by atoms with Gasteiger partial charge in [-0.1, -0.05) is 25.5 Å². The zero-order chi connectivity index (χ0) is 21.0. The van der Waals surface area contributed by atoms with E-state index in [1.165, 1.54) is 22.4 Å². The van der Waals surface area contributed by atoms with Crippen molar-refractivity contribution in [2.24, 2.45) is 5.14 Å². The summed E-state index contributed by atoms with van der Waals surface area (Å²) in [6.45, 7) is 2.13. The van der Waals surface area contributed by atoms with Crippen LogP contribution < -0.4 is 5.14 Å². The highest BCUT2D eigenvalue weighted by Gasteiger charge is 2.22. The summed E-state index contributed by atoms with van der Waals surface area (Å²) >= 11 is 0.958. The predicted molar refractivity (Wildman–Crippen MR) is 106 cm³/mol. The van der Waals surface area contributed by atoms with Crippen molar-refractivity contribution in [1.82, 2.24) is 20.2 Å². The van der Waals surface area contributed by atoms with E-state index in [4.69, 9.17) is 5.14 Å². The summed E-state index contributed by atoms with van der Waals surface area (Å²) in [5.74, 6) is 0. The van der Waals surface area contributed by atoms with Crippen molar-refractivity contribution in [3.63, 3.8) is 0 Å². The number of benzene rings is 2. The van der Waals surface area contributed by atoms with Crippen molar-refractivity contribution < 1.29 is 13.3 Å². The van der Waals surface area contributed by atoms with Gasteiger partial charge in [0.05, 0.1) is 20.4 Å². The number of aromatic nitrogens is 4. The number of nitro benzene ring substituents is 1. The molecular weight excluding hydrogens is 416 g/mol. The van der Waals surface area contributed by atoms with Crippen LogP contribution >= 0.6 is 11.8 Å². The largest absolute Gasteiger partial charge is 0.284 e. The summed E-state index contributed by atoms with van der Waals surface area (Å²) < 4.78 is 24.4. The zero-order valence-corrected chi connectivity index (χ0v) is 17.1. The van der Waals surface area contributed by atoms with Crippen LogP contribution in [0.15, 0.2) is 57.4 Å². The molecule has 0 fully saturated rings. The molecule has 0 aliphatic rings. The molecule has 29 heavy (non-hydrogen) atoms. The number of nitrogens with two attached hydrogens (primary N) is 1. The third-order valence-corrected chi connectivity index (χ3v) is 6.01. The molecule has 0 spiro atoms. The molecule has 0 bridgehead atoms. The minimum Gasteiger partial charge on any atom is -0.258 e. The Bertz CT molecular complexity index is 1130. The molecule has 0 unspecified atom stereocenters. The summed E-state index contributed by atoms with van der Waals surface area (Å²) in [5.41, 5.74) is 1.51. The predicted octanol–water partition coefficient (Wildman–Crippen LogP) is 2.71. The van der Waals surface area contributed by atoms with Crippen molar-refractivity contribution in [3.8, 4) is 5.69 Å². The third-order valence-electron chi connectivity index (χ3n) is 4.10. The fraction of sp³-hybridized carbons (Fsp3) is 0.235. The first-order valence-electron chi connectivity index (χ1n) is 8.66. The standard InChI is InChI=1S/C17H18N6O4S2/c1-2-3-4-12-5-7-13(8-6-12)22-17(19-20-21-22)28-16-10-9-14(29(18,26)27)11-15(16)23(24)25/h5-11H,2-4H2,1H3,(H2,18,26,27). The maximum atomic E-state index is 11.5. The van der Waals surface area contributed by atoms with Crippen LogP contribution in [-0.2, 0) is 16.4 Å². The number of hydrogen-bond donors (Lipinski definition) is 1. The van der Waals surface area contributed by atoms with Gasteiger partial charge in [-0.3, -0.25) is 10.1 Å². The Balaban J connectivity index is 1.91. The average molecular weight is 435 g/mol. The molecule has 0 aliphatic carbocycles. The molecule has 2 N–H and O–H groups in total. The second-order valence-electron chi connectivity index (χ2n) is 6.18. The van der Waals surface area contributed by atoms with Gasteiger partial charge in [0.1, 0.15) is 0 Å². The van der Waals surface area contributed by atoms with E-state index in [0.29, 0.717) is 10.8 Å². The van der Waals surface area contributed by atoms with Crippen LogP contribution in [0.3, 0.4) is 0 Å². The highest BCUT2D eigenvalue weighted by atomic mass is 32.2. The lowest BCUT2D eigenvalue weighted by atomic mass is 10.1. The normalized spacial score (nSPS) is 11.5. The van der Waals surface area contributed by atoms with E-state index < -0.39 is 20.6 Å². The van der Waals surface area contributed by atoms with Gasteiger partial charge in [0.2, 0.25) is 15.2 Å². The highest BCUT2D eigenvalue weighted by molar-refractivity contribution is 7.99. The molecule has 152 valence electrons. The van der Waals surface area contributed by atoms with E-state index in [1.54, 1.807) is 0 Å². The van der Waals surface area contributed by atoms with Crippen molar-refractivity contribution in [1.29, 1.82) is 0 Å². The SMILES string of the molecule is CCCCc1ccc(-n2nnnc2Sc2ccc(S(N)(=O)=O)cc2[N+](=O)[O-])cc1. The first-order valence-corrected chi connectivity index (χ1v) is 11.0. The van der Waals surface area contributed by atoms with Crippen LogP contribution in [0, 0.1) is 10.1 Å². The topological polar surface area (TPSA) is 147 Å². The lowest BCUT2D eigenvalue weighted by Gasteiger charge is -2.07. The number of nitro groups is 1. The lowest BCUT2D eigenvalue weighted by Crippen LogP contribution is -2.12. The molecule has 1 heterocycles. The molecule has 10 nitrogen and oxygen atoms in total. The number of sulfonamides is 1. The summed E-state index contributed by atoms with van der Waals surface area (Å²) in [7, 11) is -4.06. The van der Waals surface area contributed by atoms with Crippen molar-refractivity contribution in [3.05, 3.63) is 58.1 Å². The maximum absolute atomic E-state index is 11.5. The van der Waals surface area contributed by atoms with Gasteiger partial charge in [0.15, 0.2) is 0 Å². The van der Waals surface area contributed by atoms with E-state index in [1.807, 2.05) is 24.3 Å². The number of primary sulfonamides is 1. The van der Waals surface area contributed by atoms with Crippen LogP contribution in [0.5, 0.6) is 0 Å². The first kappa shape index (κ1) is 20.9. The second kappa shape index (κ2) is 8.68. The van der Waals surface area contributed by atoms with Crippen LogP contribution in [-0.4, -0.2) is 33.5 Å². The molecule has 12 heteroatoms. The first-order chi connectivity index (χ1) is 13.8. The number of aryl methyl sites for hydroxylation is 1. The molecule has 0 radical (unpaired) electrons. The molecule has 1 aromatic heterocycles.